The van der Waals surface area contributed by atoms with Crippen LogP contribution in [0.5, 0.6) is 0 Å². The normalized spacial score (nSPS) is 18.3. The molecule has 1 aliphatic rings. The fraction of sp³-hybridized carbons (Fsp3) is 0.222. The van der Waals surface area contributed by atoms with Crippen molar-refractivity contribution in [2.24, 2.45) is 0 Å². The van der Waals surface area contributed by atoms with Gasteiger partial charge in [0.05, 0.1) is 0 Å². The molecule has 1 N–H and O–H groups in total. The predicted octanol–water partition coefficient (Wildman–Crippen LogP) is 3.65. The Morgan fingerprint density at radius 2 is 1.73 bits per heavy atom. The van der Waals surface area contributed by atoms with Crippen LogP contribution in [0.2, 0.25) is 0 Å². The van der Waals surface area contributed by atoms with Gasteiger partial charge in [-0.1, -0.05) is 54.6 Å². The van der Waals surface area contributed by atoms with Gasteiger partial charge in [0.15, 0.2) is 0 Å². The highest BCUT2D eigenvalue weighted by Crippen LogP contribution is 2.30. The number of rotatable bonds is 4. The van der Waals surface area contributed by atoms with Gasteiger partial charge in [0.2, 0.25) is 10.0 Å². The minimum absolute atomic E-state index is 0.129. The van der Waals surface area contributed by atoms with E-state index in [1.54, 1.807) is 6.08 Å². The Labute approximate surface area is 131 Å². The van der Waals surface area contributed by atoms with Gasteiger partial charge in [-0.15, -0.1) is 0 Å². The predicted molar refractivity (Wildman–Crippen MR) is 89.7 cm³/mol. The third kappa shape index (κ3) is 3.64. The molecule has 2 aromatic rings. The summed E-state index contributed by atoms with van der Waals surface area (Å²) in [6, 6.07) is 17.4. The van der Waals surface area contributed by atoms with Gasteiger partial charge in [0, 0.05) is 11.4 Å². The molecule has 2 aromatic carbocycles. The lowest BCUT2D eigenvalue weighted by Crippen LogP contribution is -2.29. The van der Waals surface area contributed by atoms with Gasteiger partial charge in [-0.05, 0) is 42.0 Å². The average molecular weight is 313 g/mol. The van der Waals surface area contributed by atoms with Crippen molar-refractivity contribution in [1.82, 2.24) is 4.72 Å². The summed E-state index contributed by atoms with van der Waals surface area (Å²) < 4.78 is 27.4. The van der Waals surface area contributed by atoms with E-state index in [1.807, 2.05) is 48.5 Å². The van der Waals surface area contributed by atoms with Crippen LogP contribution < -0.4 is 4.72 Å². The second-order valence-electron chi connectivity index (χ2n) is 5.52. The van der Waals surface area contributed by atoms with Gasteiger partial charge in [-0.25, -0.2) is 13.1 Å². The fourth-order valence-corrected chi connectivity index (χ4v) is 3.90. The third-order valence-corrected chi connectivity index (χ3v) is 5.02. The number of hydrogen-bond donors (Lipinski definition) is 1. The second kappa shape index (κ2) is 6.46. The maximum atomic E-state index is 12.3. The molecule has 0 aliphatic heterocycles. The molecule has 0 saturated heterocycles. The Balaban J connectivity index is 1.77. The zero-order chi connectivity index (χ0) is 15.4. The number of aryl methyl sites for hydroxylation is 1. The molecule has 0 heterocycles. The van der Waals surface area contributed by atoms with Crippen LogP contribution in [0.1, 0.15) is 35.6 Å². The summed E-state index contributed by atoms with van der Waals surface area (Å²) in [5.74, 6) is 0. The largest absolute Gasteiger partial charge is 0.234 e. The zero-order valence-corrected chi connectivity index (χ0v) is 13.1. The number of sulfonamides is 1. The summed E-state index contributed by atoms with van der Waals surface area (Å²) in [4.78, 5) is 0. The van der Waals surface area contributed by atoms with Crippen molar-refractivity contribution in [3.63, 3.8) is 0 Å². The maximum absolute atomic E-state index is 12.3. The lowest BCUT2D eigenvalue weighted by atomic mass is 9.88. The average Bonchev–Trinajstić information content (AvgIpc) is 2.54. The highest BCUT2D eigenvalue weighted by Gasteiger charge is 2.23. The molecule has 1 unspecified atom stereocenters. The summed E-state index contributed by atoms with van der Waals surface area (Å²) in [6.45, 7) is 0. The molecule has 1 atom stereocenters. The molecule has 0 fully saturated rings. The van der Waals surface area contributed by atoms with Crippen LogP contribution in [-0.2, 0) is 16.4 Å². The van der Waals surface area contributed by atoms with Crippen LogP contribution in [0.4, 0.5) is 0 Å². The molecule has 3 nitrogen and oxygen atoms in total. The number of hydrogen-bond acceptors (Lipinski definition) is 2. The first-order valence-corrected chi connectivity index (χ1v) is 9.02. The van der Waals surface area contributed by atoms with Crippen LogP contribution in [0.15, 0.2) is 60.0 Å². The molecule has 114 valence electrons. The van der Waals surface area contributed by atoms with E-state index in [0.29, 0.717) is 0 Å². The molecule has 0 bridgehead atoms. The molecular formula is C18H19NO2S. The Bertz CT molecular complexity index is 767. The van der Waals surface area contributed by atoms with Crippen molar-refractivity contribution in [2.45, 2.75) is 25.3 Å². The second-order valence-corrected chi connectivity index (χ2v) is 7.12. The Hall–Kier alpha value is -1.91. The van der Waals surface area contributed by atoms with Gasteiger partial charge in [-0.3, -0.25) is 0 Å². The van der Waals surface area contributed by atoms with Crippen LogP contribution in [0.25, 0.3) is 6.08 Å². The van der Waals surface area contributed by atoms with Crippen molar-refractivity contribution in [1.29, 1.82) is 0 Å². The minimum Gasteiger partial charge on any atom is -0.208 e. The summed E-state index contributed by atoms with van der Waals surface area (Å²) in [5, 5.41) is 1.25. The monoisotopic (exact) mass is 313 g/mol. The summed E-state index contributed by atoms with van der Waals surface area (Å²) in [5.41, 5.74) is 3.22. The van der Waals surface area contributed by atoms with E-state index in [1.165, 1.54) is 11.0 Å². The number of benzene rings is 2. The highest BCUT2D eigenvalue weighted by molar-refractivity contribution is 7.92. The van der Waals surface area contributed by atoms with Crippen LogP contribution in [-0.4, -0.2) is 8.42 Å². The Morgan fingerprint density at radius 1 is 1.00 bits per heavy atom. The van der Waals surface area contributed by atoms with Crippen molar-refractivity contribution < 1.29 is 8.42 Å². The minimum atomic E-state index is -3.45. The van der Waals surface area contributed by atoms with E-state index >= 15 is 0 Å². The molecule has 0 aromatic heterocycles. The lowest BCUT2D eigenvalue weighted by molar-refractivity contribution is 0.512. The molecule has 0 spiro atoms. The lowest BCUT2D eigenvalue weighted by Gasteiger charge is -2.25. The van der Waals surface area contributed by atoms with E-state index in [2.05, 4.69) is 10.8 Å². The molecule has 22 heavy (non-hydrogen) atoms. The van der Waals surface area contributed by atoms with E-state index < -0.39 is 10.0 Å². The quantitative estimate of drug-likeness (QED) is 0.936. The van der Waals surface area contributed by atoms with Gasteiger partial charge >= 0.3 is 0 Å². The molecular weight excluding hydrogens is 294 g/mol. The van der Waals surface area contributed by atoms with E-state index in [9.17, 15) is 8.42 Å². The van der Waals surface area contributed by atoms with Crippen LogP contribution >= 0.6 is 0 Å². The van der Waals surface area contributed by atoms with Crippen LogP contribution in [0, 0.1) is 0 Å². The van der Waals surface area contributed by atoms with E-state index in [4.69, 9.17) is 0 Å². The molecule has 3 rings (SSSR count). The van der Waals surface area contributed by atoms with Crippen LogP contribution in [0.3, 0.4) is 0 Å². The number of fused-ring (bicyclic) bond motifs is 1. The summed E-state index contributed by atoms with van der Waals surface area (Å²) in [6.07, 6.45) is 4.49. The first kappa shape index (κ1) is 15.0. The molecule has 0 saturated carbocycles. The molecule has 1 aliphatic carbocycles. The Kier molecular flexibility index (Phi) is 4.41. The van der Waals surface area contributed by atoms with Crippen molar-refractivity contribution in [3.05, 3.63) is 76.7 Å². The zero-order valence-electron chi connectivity index (χ0n) is 12.3. The smallest absolute Gasteiger partial charge is 0.208 e. The van der Waals surface area contributed by atoms with Gasteiger partial charge in [0.25, 0.3) is 0 Å². The van der Waals surface area contributed by atoms with Gasteiger partial charge in [0.1, 0.15) is 0 Å². The van der Waals surface area contributed by atoms with Crippen molar-refractivity contribution >= 4 is 16.1 Å². The first-order chi connectivity index (χ1) is 10.6. The fourth-order valence-electron chi connectivity index (χ4n) is 2.85. The maximum Gasteiger partial charge on any atom is 0.234 e. The summed E-state index contributed by atoms with van der Waals surface area (Å²) >= 11 is 0. The van der Waals surface area contributed by atoms with Crippen molar-refractivity contribution in [3.8, 4) is 0 Å². The first-order valence-electron chi connectivity index (χ1n) is 7.47. The third-order valence-electron chi connectivity index (χ3n) is 3.92. The van der Waals surface area contributed by atoms with Gasteiger partial charge < -0.3 is 0 Å². The SMILES string of the molecule is O=S(=O)(C=Cc1ccccc1)NC1CCCc2ccccc21. The number of nitrogens with one attached hydrogen (secondary N) is 1. The van der Waals surface area contributed by atoms with Gasteiger partial charge in [-0.2, -0.15) is 0 Å². The molecule has 0 amide bonds. The van der Waals surface area contributed by atoms with E-state index in [-0.39, 0.29) is 6.04 Å². The van der Waals surface area contributed by atoms with E-state index in [0.717, 1.165) is 30.4 Å². The standard InChI is InChI=1S/C18H19NO2S/c20-22(21,14-13-15-7-2-1-3-8-15)19-18-12-6-10-16-9-4-5-11-17(16)18/h1-5,7-9,11,13-14,18-19H,6,10,12H2. The Morgan fingerprint density at radius 3 is 2.55 bits per heavy atom. The van der Waals surface area contributed by atoms with Crippen molar-refractivity contribution in [2.75, 3.05) is 0 Å². The highest BCUT2D eigenvalue weighted by atomic mass is 32.2. The summed E-state index contributed by atoms with van der Waals surface area (Å²) in [7, 11) is -3.45. The topological polar surface area (TPSA) is 46.2 Å². The molecule has 4 heteroatoms. The molecule has 0 radical (unpaired) electrons.